The van der Waals surface area contributed by atoms with E-state index in [4.69, 9.17) is 0 Å². The molecule has 21 heavy (non-hydrogen) atoms. The summed E-state index contributed by atoms with van der Waals surface area (Å²) in [6.45, 7) is 11.0. The fourth-order valence-electron chi connectivity index (χ4n) is 3.66. The molecule has 2 aliphatic rings. The zero-order valence-corrected chi connectivity index (χ0v) is 13.8. The number of carbonyl (C=O) groups excluding carboxylic acids is 1. The van der Waals surface area contributed by atoms with Gasteiger partial charge in [0.15, 0.2) is 5.13 Å². The van der Waals surface area contributed by atoms with Gasteiger partial charge in [-0.1, -0.05) is 0 Å². The maximum atomic E-state index is 11.6. The Labute approximate surface area is 130 Å². The summed E-state index contributed by atoms with van der Waals surface area (Å²) in [4.78, 5) is 20.5. The first-order chi connectivity index (χ1) is 10.1. The van der Waals surface area contributed by atoms with E-state index < -0.39 is 0 Å². The Bertz CT molecular complexity index is 518. The molecule has 2 fully saturated rings. The Balaban J connectivity index is 1.66. The van der Waals surface area contributed by atoms with Crippen LogP contribution in [0.3, 0.4) is 0 Å². The van der Waals surface area contributed by atoms with E-state index in [1.165, 1.54) is 0 Å². The lowest BCUT2D eigenvalue weighted by atomic mass is 9.95. The molecule has 5 nitrogen and oxygen atoms in total. The number of hydrogen-bond donors (Lipinski definition) is 1. The van der Waals surface area contributed by atoms with Gasteiger partial charge in [-0.25, -0.2) is 4.98 Å². The lowest BCUT2D eigenvalue weighted by Gasteiger charge is -2.23. The lowest BCUT2D eigenvalue weighted by Crippen LogP contribution is -2.33. The Kier molecular flexibility index (Phi) is 4.28. The van der Waals surface area contributed by atoms with Crippen LogP contribution in [0.4, 0.5) is 5.13 Å². The molecule has 1 amide bonds. The largest absolute Gasteiger partial charge is 0.316 e. The Morgan fingerprint density at radius 1 is 1.57 bits per heavy atom. The Morgan fingerprint density at radius 3 is 3.05 bits per heavy atom. The molecular formula is C15H24N4OS. The molecule has 2 aliphatic heterocycles. The summed E-state index contributed by atoms with van der Waals surface area (Å²) in [7, 11) is 0. The zero-order valence-electron chi connectivity index (χ0n) is 13.0. The van der Waals surface area contributed by atoms with Crippen LogP contribution in [0.15, 0.2) is 5.38 Å². The molecule has 0 saturated carbocycles. The molecule has 2 saturated heterocycles. The highest BCUT2D eigenvalue weighted by molar-refractivity contribution is 7.14. The van der Waals surface area contributed by atoms with Gasteiger partial charge >= 0.3 is 0 Å². The third-order valence-electron chi connectivity index (χ3n) is 4.89. The van der Waals surface area contributed by atoms with Crippen molar-refractivity contribution in [3.05, 3.63) is 11.1 Å². The van der Waals surface area contributed by atoms with Crippen LogP contribution in [-0.2, 0) is 11.3 Å². The molecular weight excluding hydrogens is 284 g/mol. The van der Waals surface area contributed by atoms with Crippen molar-refractivity contribution in [2.24, 2.45) is 11.8 Å². The predicted molar refractivity (Wildman–Crippen MR) is 85.5 cm³/mol. The normalized spacial score (nSPS) is 28.8. The van der Waals surface area contributed by atoms with Gasteiger partial charge in [0.1, 0.15) is 0 Å². The Hall–Kier alpha value is -0.980. The summed E-state index contributed by atoms with van der Waals surface area (Å²) in [6.07, 6.45) is 0. The van der Waals surface area contributed by atoms with Gasteiger partial charge in [-0.2, -0.15) is 0 Å². The van der Waals surface area contributed by atoms with Gasteiger partial charge in [-0.15, -0.1) is 11.3 Å². The predicted octanol–water partition coefficient (Wildman–Crippen LogP) is 1.56. The van der Waals surface area contributed by atoms with Gasteiger partial charge in [0.2, 0.25) is 5.91 Å². The number of rotatable bonds is 4. The van der Waals surface area contributed by atoms with Crippen LogP contribution >= 0.6 is 11.3 Å². The minimum absolute atomic E-state index is 0.0635. The third kappa shape index (κ3) is 2.84. The van der Waals surface area contributed by atoms with E-state index in [9.17, 15) is 4.79 Å². The van der Waals surface area contributed by atoms with E-state index in [0.717, 1.165) is 48.8 Å². The highest BCUT2D eigenvalue weighted by atomic mass is 32.1. The van der Waals surface area contributed by atoms with E-state index in [-0.39, 0.29) is 5.91 Å². The van der Waals surface area contributed by atoms with Crippen molar-refractivity contribution < 1.29 is 4.79 Å². The third-order valence-corrected chi connectivity index (χ3v) is 5.80. The molecule has 0 aliphatic carbocycles. The van der Waals surface area contributed by atoms with Crippen LogP contribution in [0.1, 0.15) is 26.5 Å². The molecule has 1 aromatic heterocycles. The summed E-state index contributed by atoms with van der Waals surface area (Å²) >= 11 is 1.57. The number of fused-ring (bicyclic) bond motifs is 1. The van der Waals surface area contributed by atoms with Gasteiger partial charge in [0, 0.05) is 38.0 Å². The number of carbonyl (C=O) groups is 1. The van der Waals surface area contributed by atoms with Crippen molar-refractivity contribution in [2.45, 2.75) is 33.4 Å². The van der Waals surface area contributed by atoms with E-state index in [1.54, 1.807) is 23.2 Å². The van der Waals surface area contributed by atoms with Gasteiger partial charge < -0.3 is 5.32 Å². The van der Waals surface area contributed by atoms with Gasteiger partial charge in [0.05, 0.1) is 5.69 Å². The number of hydrogen-bond acceptors (Lipinski definition) is 5. The molecule has 3 unspecified atom stereocenters. The average Bonchev–Trinajstić information content (AvgIpc) is 3.12. The molecule has 3 heterocycles. The summed E-state index contributed by atoms with van der Waals surface area (Å²) in [5.74, 6) is 1.64. The van der Waals surface area contributed by atoms with Gasteiger partial charge in [-0.3, -0.25) is 14.6 Å². The van der Waals surface area contributed by atoms with Crippen LogP contribution < -0.4 is 10.2 Å². The minimum atomic E-state index is 0.0635. The molecule has 6 heteroatoms. The Morgan fingerprint density at radius 2 is 2.38 bits per heavy atom. The summed E-state index contributed by atoms with van der Waals surface area (Å²) < 4.78 is 0. The van der Waals surface area contributed by atoms with Gasteiger partial charge in [-0.05, 0) is 38.8 Å². The summed E-state index contributed by atoms with van der Waals surface area (Å²) in [5.41, 5.74) is 1.09. The SMILES string of the molecule is CCN(C(C)=O)c1nc(CN2CC3CNCC3C2C)cs1. The van der Waals surface area contributed by atoms with E-state index in [0.29, 0.717) is 12.6 Å². The topological polar surface area (TPSA) is 48.5 Å². The summed E-state index contributed by atoms with van der Waals surface area (Å²) in [6, 6.07) is 0.616. The molecule has 0 aromatic carbocycles. The van der Waals surface area contributed by atoms with Crippen molar-refractivity contribution in [3.63, 3.8) is 0 Å². The second kappa shape index (κ2) is 6.02. The lowest BCUT2D eigenvalue weighted by molar-refractivity contribution is -0.116. The van der Waals surface area contributed by atoms with E-state index in [2.05, 4.69) is 27.5 Å². The maximum Gasteiger partial charge on any atom is 0.225 e. The fourth-order valence-corrected chi connectivity index (χ4v) is 4.58. The first kappa shape index (κ1) is 14.9. The average molecular weight is 308 g/mol. The van der Waals surface area contributed by atoms with Crippen LogP contribution in [0.25, 0.3) is 0 Å². The number of anilines is 1. The number of thiazole rings is 1. The second-order valence-corrected chi connectivity index (χ2v) is 6.97. The van der Waals surface area contributed by atoms with Gasteiger partial charge in [0.25, 0.3) is 0 Å². The molecule has 3 rings (SSSR count). The molecule has 1 N–H and O–H groups in total. The first-order valence-corrected chi connectivity index (χ1v) is 8.65. The zero-order chi connectivity index (χ0) is 15.0. The van der Waals surface area contributed by atoms with Crippen molar-refractivity contribution in [1.82, 2.24) is 15.2 Å². The molecule has 0 spiro atoms. The van der Waals surface area contributed by atoms with Crippen LogP contribution in [-0.4, -0.2) is 48.0 Å². The molecule has 0 bridgehead atoms. The van der Waals surface area contributed by atoms with E-state index >= 15 is 0 Å². The first-order valence-electron chi connectivity index (χ1n) is 7.77. The number of nitrogens with one attached hydrogen (secondary N) is 1. The van der Waals surface area contributed by atoms with E-state index in [1.807, 2.05) is 6.92 Å². The molecule has 3 atom stereocenters. The maximum absolute atomic E-state index is 11.6. The van der Waals surface area contributed by atoms with Crippen molar-refractivity contribution >= 4 is 22.4 Å². The number of aromatic nitrogens is 1. The fraction of sp³-hybridized carbons (Fsp3) is 0.733. The standard InChI is InChI=1S/C15H24N4OS/c1-4-19(11(3)20)15-17-13(9-21-15)8-18-7-12-5-16-6-14(12)10(18)2/h9-10,12,14,16H,4-8H2,1-3H3. The highest BCUT2D eigenvalue weighted by Crippen LogP contribution is 2.33. The van der Waals surface area contributed by atoms with Crippen LogP contribution in [0, 0.1) is 11.8 Å². The minimum Gasteiger partial charge on any atom is -0.316 e. The summed E-state index contributed by atoms with van der Waals surface area (Å²) in [5, 5.41) is 6.42. The molecule has 0 radical (unpaired) electrons. The number of likely N-dealkylation sites (tertiary alicyclic amines) is 1. The monoisotopic (exact) mass is 308 g/mol. The second-order valence-electron chi connectivity index (χ2n) is 6.14. The molecule has 116 valence electrons. The number of amides is 1. The highest BCUT2D eigenvalue weighted by Gasteiger charge is 2.41. The number of nitrogens with zero attached hydrogens (tertiary/aromatic N) is 3. The van der Waals surface area contributed by atoms with Crippen molar-refractivity contribution in [3.8, 4) is 0 Å². The van der Waals surface area contributed by atoms with Crippen molar-refractivity contribution in [2.75, 3.05) is 31.1 Å². The molecule has 1 aromatic rings. The smallest absolute Gasteiger partial charge is 0.225 e. The quantitative estimate of drug-likeness (QED) is 0.917. The van der Waals surface area contributed by atoms with Crippen LogP contribution in [0.2, 0.25) is 0 Å². The van der Waals surface area contributed by atoms with Crippen molar-refractivity contribution in [1.29, 1.82) is 0 Å². The van der Waals surface area contributed by atoms with Crippen LogP contribution in [0.5, 0.6) is 0 Å².